The van der Waals surface area contributed by atoms with Crippen molar-refractivity contribution in [3.8, 4) is 0 Å². The molecule has 1 unspecified atom stereocenters. The van der Waals surface area contributed by atoms with Gasteiger partial charge < -0.3 is 10.2 Å². The van der Waals surface area contributed by atoms with E-state index in [0.717, 1.165) is 55.3 Å². The second-order valence-electron chi connectivity index (χ2n) is 8.46. The van der Waals surface area contributed by atoms with E-state index in [0.29, 0.717) is 5.92 Å². The molecule has 0 bridgehead atoms. The molecule has 1 aromatic heterocycles. The van der Waals surface area contributed by atoms with E-state index in [2.05, 4.69) is 34.5 Å². The maximum atomic E-state index is 13.8. The summed E-state index contributed by atoms with van der Waals surface area (Å²) < 4.78 is 13.8. The number of rotatable bonds is 7. The average molecular weight is 433 g/mol. The van der Waals surface area contributed by atoms with Gasteiger partial charge >= 0.3 is 0 Å². The van der Waals surface area contributed by atoms with E-state index in [1.807, 2.05) is 19.9 Å². The topological polar surface area (TPSA) is 58.1 Å². The molecule has 1 aliphatic rings. The smallest absolute Gasteiger partial charge is 0.229 e. The lowest BCUT2D eigenvalue weighted by atomic mass is 10.0. The molecule has 1 aliphatic heterocycles. The number of benzene rings is 2. The third-order valence-electron chi connectivity index (χ3n) is 6.12. The van der Waals surface area contributed by atoms with Crippen molar-refractivity contribution in [2.24, 2.45) is 0 Å². The standard InChI is InChI=1S/C26H29FN4O/c1-18-22(16-25(32)30-24-11-7-6-10-23(24)27)19(2)29-26(28-18)21-13-15-31(17-21)14-12-20-8-4-3-5-9-20/h3-11,21H,12-17H2,1-2H3,(H,30,32). The van der Waals surface area contributed by atoms with E-state index in [1.54, 1.807) is 18.2 Å². The number of carbonyl (C=O) groups is 1. The lowest BCUT2D eigenvalue weighted by Gasteiger charge is -2.17. The van der Waals surface area contributed by atoms with Gasteiger partial charge in [-0.1, -0.05) is 42.5 Å². The van der Waals surface area contributed by atoms with Crippen molar-refractivity contribution in [2.75, 3.05) is 25.0 Å². The third-order valence-corrected chi connectivity index (χ3v) is 6.12. The number of nitrogens with one attached hydrogen (secondary N) is 1. The molecule has 6 heteroatoms. The Hall–Kier alpha value is -3.12. The summed E-state index contributed by atoms with van der Waals surface area (Å²) >= 11 is 0. The SMILES string of the molecule is Cc1nc(C2CCN(CCc3ccccc3)C2)nc(C)c1CC(=O)Nc1ccccc1F. The number of carbonyl (C=O) groups excluding carboxylic acids is 1. The van der Waals surface area contributed by atoms with Crippen molar-refractivity contribution in [3.05, 3.63) is 88.8 Å². The Kier molecular flexibility index (Phi) is 6.90. The minimum absolute atomic E-state index is 0.125. The van der Waals surface area contributed by atoms with Gasteiger partial charge in [0.1, 0.15) is 11.6 Å². The van der Waals surface area contributed by atoms with Crippen molar-refractivity contribution in [2.45, 2.75) is 39.0 Å². The van der Waals surface area contributed by atoms with Crippen LogP contribution in [0, 0.1) is 19.7 Å². The number of aryl methyl sites for hydroxylation is 2. The highest BCUT2D eigenvalue weighted by molar-refractivity contribution is 5.92. The number of anilines is 1. The first-order chi connectivity index (χ1) is 15.5. The number of halogens is 1. The van der Waals surface area contributed by atoms with Gasteiger partial charge in [-0.15, -0.1) is 0 Å². The van der Waals surface area contributed by atoms with Crippen LogP contribution in [0.4, 0.5) is 10.1 Å². The molecule has 1 fully saturated rings. The molecule has 1 N–H and O–H groups in total. The van der Waals surface area contributed by atoms with Gasteiger partial charge in [0.25, 0.3) is 0 Å². The lowest BCUT2D eigenvalue weighted by Crippen LogP contribution is -2.23. The summed E-state index contributed by atoms with van der Waals surface area (Å²) in [6.45, 7) is 6.88. The molecule has 0 aliphatic carbocycles. The predicted octanol–water partition coefficient (Wildman–Crippen LogP) is 4.45. The average Bonchev–Trinajstić information content (AvgIpc) is 3.26. The van der Waals surface area contributed by atoms with E-state index in [-0.39, 0.29) is 18.0 Å². The second-order valence-corrected chi connectivity index (χ2v) is 8.46. The van der Waals surface area contributed by atoms with E-state index in [1.165, 1.54) is 11.6 Å². The van der Waals surface area contributed by atoms with Crippen LogP contribution in [0.1, 0.15) is 40.7 Å². The molecule has 1 atom stereocenters. The molecule has 166 valence electrons. The van der Waals surface area contributed by atoms with Gasteiger partial charge in [-0.2, -0.15) is 0 Å². The minimum atomic E-state index is -0.445. The molecule has 1 amide bonds. The zero-order valence-electron chi connectivity index (χ0n) is 18.6. The van der Waals surface area contributed by atoms with Crippen LogP contribution in [0.15, 0.2) is 54.6 Å². The fourth-order valence-corrected chi connectivity index (χ4v) is 4.30. The molecule has 3 aromatic rings. The van der Waals surface area contributed by atoms with Gasteiger partial charge in [0.2, 0.25) is 5.91 Å². The molecule has 0 spiro atoms. The van der Waals surface area contributed by atoms with Crippen molar-refractivity contribution < 1.29 is 9.18 Å². The van der Waals surface area contributed by atoms with E-state index in [4.69, 9.17) is 9.97 Å². The normalized spacial score (nSPS) is 16.3. The molecule has 32 heavy (non-hydrogen) atoms. The van der Waals surface area contributed by atoms with Crippen LogP contribution in [0.3, 0.4) is 0 Å². The molecule has 0 saturated carbocycles. The Bertz CT molecular complexity index is 1060. The van der Waals surface area contributed by atoms with Gasteiger partial charge in [0.15, 0.2) is 0 Å². The van der Waals surface area contributed by atoms with Crippen molar-refractivity contribution in [3.63, 3.8) is 0 Å². The van der Waals surface area contributed by atoms with Crippen LogP contribution in [0.25, 0.3) is 0 Å². The zero-order valence-corrected chi connectivity index (χ0v) is 18.6. The number of nitrogens with zero attached hydrogens (tertiary/aromatic N) is 3. The summed E-state index contributed by atoms with van der Waals surface area (Å²) in [5, 5.41) is 2.64. The first-order valence-electron chi connectivity index (χ1n) is 11.1. The number of amides is 1. The van der Waals surface area contributed by atoms with E-state index in [9.17, 15) is 9.18 Å². The fourth-order valence-electron chi connectivity index (χ4n) is 4.30. The molecule has 5 nitrogen and oxygen atoms in total. The van der Waals surface area contributed by atoms with Gasteiger partial charge in [-0.25, -0.2) is 14.4 Å². The van der Waals surface area contributed by atoms with Crippen molar-refractivity contribution >= 4 is 11.6 Å². The van der Waals surface area contributed by atoms with Crippen molar-refractivity contribution in [1.29, 1.82) is 0 Å². The Morgan fingerprint density at radius 3 is 2.47 bits per heavy atom. The monoisotopic (exact) mass is 432 g/mol. The summed E-state index contributed by atoms with van der Waals surface area (Å²) in [5.41, 5.74) is 3.99. The van der Waals surface area contributed by atoms with E-state index < -0.39 is 5.82 Å². The highest BCUT2D eigenvalue weighted by atomic mass is 19.1. The lowest BCUT2D eigenvalue weighted by molar-refractivity contribution is -0.115. The van der Waals surface area contributed by atoms with Gasteiger partial charge in [0, 0.05) is 36.0 Å². The number of likely N-dealkylation sites (tertiary alicyclic amines) is 1. The molecule has 2 aromatic carbocycles. The molecular weight excluding hydrogens is 403 g/mol. The molecule has 1 saturated heterocycles. The Morgan fingerprint density at radius 1 is 1.06 bits per heavy atom. The first-order valence-corrected chi connectivity index (χ1v) is 11.1. The van der Waals surface area contributed by atoms with Crippen LogP contribution >= 0.6 is 0 Å². The fraction of sp³-hybridized carbons (Fsp3) is 0.346. The first kappa shape index (κ1) is 22.1. The number of hydrogen-bond acceptors (Lipinski definition) is 4. The summed E-state index contributed by atoms with van der Waals surface area (Å²) in [6.07, 6.45) is 2.21. The highest BCUT2D eigenvalue weighted by Gasteiger charge is 2.27. The zero-order chi connectivity index (χ0) is 22.5. The predicted molar refractivity (Wildman–Crippen MR) is 124 cm³/mol. The second kappa shape index (κ2) is 10.0. The van der Waals surface area contributed by atoms with E-state index >= 15 is 0 Å². The third kappa shape index (κ3) is 5.37. The van der Waals surface area contributed by atoms with Gasteiger partial charge in [-0.3, -0.25) is 4.79 Å². The van der Waals surface area contributed by atoms with Crippen LogP contribution in [0.2, 0.25) is 0 Å². The Balaban J connectivity index is 1.37. The summed E-state index contributed by atoms with van der Waals surface area (Å²) in [7, 11) is 0. The Labute approximate surface area is 188 Å². The minimum Gasteiger partial charge on any atom is -0.323 e. The maximum absolute atomic E-state index is 13.8. The summed E-state index contributed by atoms with van der Waals surface area (Å²) in [4.78, 5) is 24.5. The molecule has 0 radical (unpaired) electrons. The molecular formula is C26H29FN4O. The summed E-state index contributed by atoms with van der Waals surface area (Å²) in [6, 6.07) is 16.7. The number of hydrogen-bond donors (Lipinski definition) is 1. The number of para-hydroxylation sites is 1. The molecule has 2 heterocycles. The van der Waals surface area contributed by atoms with Crippen LogP contribution in [-0.2, 0) is 17.6 Å². The quantitative estimate of drug-likeness (QED) is 0.599. The largest absolute Gasteiger partial charge is 0.323 e. The highest BCUT2D eigenvalue weighted by Crippen LogP contribution is 2.26. The van der Waals surface area contributed by atoms with Crippen LogP contribution in [-0.4, -0.2) is 40.4 Å². The molecule has 4 rings (SSSR count). The van der Waals surface area contributed by atoms with Gasteiger partial charge in [0.05, 0.1) is 12.1 Å². The van der Waals surface area contributed by atoms with Crippen LogP contribution in [0.5, 0.6) is 0 Å². The number of aromatic nitrogens is 2. The van der Waals surface area contributed by atoms with Crippen LogP contribution < -0.4 is 5.32 Å². The van der Waals surface area contributed by atoms with Crippen molar-refractivity contribution in [1.82, 2.24) is 14.9 Å². The maximum Gasteiger partial charge on any atom is 0.229 e. The van der Waals surface area contributed by atoms with Gasteiger partial charge in [-0.05, 0) is 50.9 Å². The Morgan fingerprint density at radius 2 is 1.75 bits per heavy atom. The summed E-state index contributed by atoms with van der Waals surface area (Å²) in [5.74, 6) is 0.453.